The lowest BCUT2D eigenvalue weighted by Gasteiger charge is -2.22. The van der Waals surface area contributed by atoms with Crippen LogP contribution in [0.5, 0.6) is 0 Å². The molecular weight excluding hydrogens is 398 g/mol. The molecular formula is C27H23N3O2. The predicted molar refractivity (Wildman–Crippen MR) is 126 cm³/mol. The van der Waals surface area contributed by atoms with Gasteiger partial charge in [-0.15, -0.1) is 0 Å². The Hall–Kier alpha value is -4.25. The van der Waals surface area contributed by atoms with Crippen molar-refractivity contribution in [3.8, 4) is 0 Å². The SMILES string of the molecule is O=C(Cc1ccccc1)Nc1ccc(C(=O)N(Cc2ccccc2)c2ccccn2)cc1. The van der Waals surface area contributed by atoms with Gasteiger partial charge in [0.1, 0.15) is 5.82 Å². The second-order valence-electron chi connectivity index (χ2n) is 7.35. The van der Waals surface area contributed by atoms with Crippen molar-refractivity contribution in [3.63, 3.8) is 0 Å². The topological polar surface area (TPSA) is 62.3 Å². The maximum Gasteiger partial charge on any atom is 0.259 e. The summed E-state index contributed by atoms with van der Waals surface area (Å²) < 4.78 is 0. The molecule has 0 spiro atoms. The van der Waals surface area contributed by atoms with E-state index in [1.165, 1.54) is 0 Å². The van der Waals surface area contributed by atoms with Crippen LogP contribution in [0.15, 0.2) is 109 Å². The molecule has 5 heteroatoms. The minimum absolute atomic E-state index is 0.102. The maximum absolute atomic E-state index is 13.3. The molecule has 0 unspecified atom stereocenters. The van der Waals surface area contributed by atoms with Gasteiger partial charge in [-0.2, -0.15) is 0 Å². The van der Waals surface area contributed by atoms with E-state index in [-0.39, 0.29) is 11.8 Å². The maximum atomic E-state index is 13.3. The van der Waals surface area contributed by atoms with Crippen LogP contribution in [0.3, 0.4) is 0 Å². The smallest absolute Gasteiger partial charge is 0.259 e. The van der Waals surface area contributed by atoms with Crippen molar-refractivity contribution in [3.05, 3.63) is 126 Å². The number of nitrogens with zero attached hydrogens (tertiary/aromatic N) is 2. The minimum Gasteiger partial charge on any atom is -0.326 e. The Morgan fingerprint density at radius 2 is 1.34 bits per heavy atom. The van der Waals surface area contributed by atoms with Crippen molar-refractivity contribution >= 4 is 23.3 Å². The second kappa shape index (κ2) is 10.2. The van der Waals surface area contributed by atoms with Crippen molar-refractivity contribution in [2.45, 2.75) is 13.0 Å². The molecule has 3 aromatic carbocycles. The normalized spacial score (nSPS) is 10.4. The van der Waals surface area contributed by atoms with E-state index in [0.29, 0.717) is 30.0 Å². The molecule has 32 heavy (non-hydrogen) atoms. The van der Waals surface area contributed by atoms with Gasteiger partial charge in [0.05, 0.1) is 13.0 Å². The summed E-state index contributed by atoms with van der Waals surface area (Å²) in [6.07, 6.45) is 1.97. The third kappa shape index (κ3) is 5.46. The van der Waals surface area contributed by atoms with Crippen LogP contribution in [0, 0.1) is 0 Å². The summed E-state index contributed by atoms with van der Waals surface area (Å²) in [5.41, 5.74) is 3.13. The number of amides is 2. The van der Waals surface area contributed by atoms with Crippen molar-refractivity contribution in [1.82, 2.24) is 4.98 Å². The van der Waals surface area contributed by atoms with E-state index in [1.807, 2.05) is 78.9 Å². The molecule has 158 valence electrons. The number of carbonyl (C=O) groups excluding carboxylic acids is 2. The first-order valence-corrected chi connectivity index (χ1v) is 10.4. The fraction of sp³-hybridized carbons (Fsp3) is 0.0741. The lowest BCUT2D eigenvalue weighted by atomic mass is 10.1. The molecule has 1 heterocycles. The van der Waals surface area contributed by atoms with Crippen LogP contribution in [0.4, 0.5) is 11.5 Å². The summed E-state index contributed by atoms with van der Waals surface area (Å²) in [7, 11) is 0. The molecule has 0 atom stereocenters. The second-order valence-corrected chi connectivity index (χ2v) is 7.35. The van der Waals surface area contributed by atoms with Gasteiger partial charge in [-0.05, 0) is 47.5 Å². The molecule has 5 nitrogen and oxygen atoms in total. The van der Waals surface area contributed by atoms with Crippen molar-refractivity contribution in [1.29, 1.82) is 0 Å². The molecule has 4 rings (SSSR count). The average molecular weight is 422 g/mol. The van der Waals surface area contributed by atoms with Gasteiger partial charge in [0.25, 0.3) is 5.91 Å². The van der Waals surface area contributed by atoms with Crippen LogP contribution in [0.1, 0.15) is 21.5 Å². The molecule has 0 fully saturated rings. The number of hydrogen-bond acceptors (Lipinski definition) is 3. The van der Waals surface area contributed by atoms with E-state index in [4.69, 9.17) is 0 Å². The molecule has 0 aliphatic rings. The average Bonchev–Trinajstić information content (AvgIpc) is 2.84. The molecule has 1 N–H and O–H groups in total. The van der Waals surface area contributed by atoms with Crippen molar-refractivity contribution in [2.24, 2.45) is 0 Å². The summed E-state index contributed by atoms with van der Waals surface area (Å²) >= 11 is 0. The third-order valence-corrected chi connectivity index (χ3v) is 4.98. The predicted octanol–water partition coefficient (Wildman–Crippen LogP) is 5.11. The molecule has 4 aromatic rings. The number of benzene rings is 3. The number of rotatable bonds is 7. The first-order chi connectivity index (χ1) is 15.7. The van der Waals surface area contributed by atoms with Gasteiger partial charge >= 0.3 is 0 Å². The van der Waals surface area contributed by atoms with E-state index in [1.54, 1.807) is 35.4 Å². The number of nitrogens with one attached hydrogen (secondary N) is 1. The van der Waals surface area contributed by atoms with Gasteiger partial charge < -0.3 is 5.32 Å². The third-order valence-electron chi connectivity index (χ3n) is 4.98. The fourth-order valence-electron chi connectivity index (χ4n) is 3.37. The highest BCUT2D eigenvalue weighted by Crippen LogP contribution is 2.19. The summed E-state index contributed by atoms with van der Waals surface area (Å²) in [6, 6.07) is 31.8. The number of carbonyl (C=O) groups is 2. The Morgan fingerprint density at radius 3 is 1.97 bits per heavy atom. The van der Waals surface area contributed by atoms with Crippen LogP contribution >= 0.6 is 0 Å². The van der Waals surface area contributed by atoms with Gasteiger partial charge in [-0.3, -0.25) is 14.5 Å². The monoisotopic (exact) mass is 421 g/mol. The molecule has 0 radical (unpaired) electrons. The Balaban J connectivity index is 1.48. The zero-order chi connectivity index (χ0) is 22.2. The van der Waals surface area contributed by atoms with Crippen LogP contribution in [0.25, 0.3) is 0 Å². The summed E-state index contributed by atoms with van der Waals surface area (Å²) in [6.45, 7) is 0.409. The highest BCUT2D eigenvalue weighted by molar-refractivity contribution is 6.05. The molecule has 0 bridgehead atoms. The van der Waals surface area contributed by atoms with Gasteiger partial charge in [0.2, 0.25) is 5.91 Å². The lowest BCUT2D eigenvalue weighted by Crippen LogP contribution is -2.31. The van der Waals surface area contributed by atoms with E-state index >= 15 is 0 Å². The Bertz CT molecular complexity index is 1160. The molecule has 0 aliphatic carbocycles. The number of pyridine rings is 1. The summed E-state index contributed by atoms with van der Waals surface area (Å²) in [5, 5.41) is 2.88. The van der Waals surface area contributed by atoms with Crippen LogP contribution < -0.4 is 10.2 Å². The summed E-state index contributed by atoms with van der Waals surface area (Å²) in [5.74, 6) is 0.325. The standard InChI is InChI=1S/C27H23N3O2/c31-26(19-21-9-3-1-4-10-21)29-24-16-14-23(15-17-24)27(32)30(25-13-7-8-18-28-25)20-22-11-5-2-6-12-22/h1-18H,19-20H2,(H,29,31). The highest BCUT2D eigenvalue weighted by Gasteiger charge is 2.19. The van der Waals surface area contributed by atoms with E-state index in [9.17, 15) is 9.59 Å². The van der Waals surface area contributed by atoms with Crippen LogP contribution in [-0.4, -0.2) is 16.8 Å². The van der Waals surface area contributed by atoms with E-state index in [0.717, 1.165) is 11.1 Å². The largest absolute Gasteiger partial charge is 0.326 e. The molecule has 0 saturated heterocycles. The summed E-state index contributed by atoms with van der Waals surface area (Å²) in [4.78, 5) is 31.6. The molecule has 1 aromatic heterocycles. The zero-order valence-corrected chi connectivity index (χ0v) is 17.5. The van der Waals surface area contributed by atoms with E-state index in [2.05, 4.69) is 10.3 Å². The Labute approximate surface area is 187 Å². The van der Waals surface area contributed by atoms with Gasteiger partial charge in [-0.1, -0.05) is 66.7 Å². The molecule has 2 amide bonds. The Kier molecular flexibility index (Phi) is 6.68. The van der Waals surface area contributed by atoms with Gasteiger partial charge in [-0.25, -0.2) is 4.98 Å². The number of hydrogen-bond donors (Lipinski definition) is 1. The van der Waals surface area contributed by atoms with Crippen molar-refractivity contribution < 1.29 is 9.59 Å². The zero-order valence-electron chi connectivity index (χ0n) is 17.5. The van der Waals surface area contributed by atoms with E-state index < -0.39 is 0 Å². The molecule has 0 aliphatic heterocycles. The first-order valence-electron chi connectivity index (χ1n) is 10.4. The van der Waals surface area contributed by atoms with Crippen LogP contribution in [0.2, 0.25) is 0 Å². The number of aromatic nitrogens is 1. The minimum atomic E-state index is -0.158. The highest BCUT2D eigenvalue weighted by atomic mass is 16.2. The number of anilines is 2. The van der Waals surface area contributed by atoms with Crippen molar-refractivity contribution in [2.75, 3.05) is 10.2 Å². The van der Waals surface area contributed by atoms with Gasteiger partial charge in [0, 0.05) is 17.4 Å². The lowest BCUT2D eigenvalue weighted by molar-refractivity contribution is -0.115. The quantitative estimate of drug-likeness (QED) is 0.451. The van der Waals surface area contributed by atoms with Crippen LogP contribution in [-0.2, 0) is 17.8 Å². The molecule has 0 saturated carbocycles. The first kappa shape index (κ1) is 21.0. The van der Waals surface area contributed by atoms with Gasteiger partial charge in [0.15, 0.2) is 0 Å². The Morgan fingerprint density at radius 1 is 0.719 bits per heavy atom. The fourth-order valence-corrected chi connectivity index (χ4v) is 3.37.